The number of benzene rings is 3. The van der Waals surface area contributed by atoms with Crippen molar-refractivity contribution >= 4 is 21.4 Å². The van der Waals surface area contributed by atoms with Gasteiger partial charge in [0.15, 0.2) is 0 Å². The largest absolute Gasteiger partial charge is 0.367 e. The van der Waals surface area contributed by atoms with Crippen molar-refractivity contribution in [3.8, 4) is 0 Å². The van der Waals surface area contributed by atoms with E-state index in [0.29, 0.717) is 11.3 Å². The van der Waals surface area contributed by atoms with Crippen molar-refractivity contribution in [2.75, 3.05) is 16.2 Å². The molecule has 1 heterocycles. The van der Waals surface area contributed by atoms with E-state index in [1.54, 1.807) is 19.1 Å². The summed E-state index contributed by atoms with van der Waals surface area (Å²) in [4.78, 5) is 2.33. The van der Waals surface area contributed by atoms with Crippen LogP contribution in [0.15, 0.2) is 71.6 Å². The summed E-state index contributed by atoms with van der Waals surface area (Å²) in [6.45, 7) is 3.31. The summed E-state index contributed by atoms with van der Waals surface area (Å²) >= 11 is 0. The van der Waals surface area contributed by atoms with Crippen molar-refractivity contribution in [1.29, 1.82) is 0 Å². The van der Waals surface area contributed by atoms with E-state index in [9.17, 15) is 12.8 Å². The Hall–Kier alpha value is -2.86. The number of sulfonamides is 1. The Morgan fingerprint density at radius 2 is 1.68 bits per heavy atom. The zero-order valence-corrected chi connectivity index (χ0v) is 16.3. The first-order chi connectivity index (χ1) is 13.4. The lowest BCUT2D eigenvalue weighted by Crippen LogP contribution is -2.30. The van der Waals surface area contributed by atoms with E-state index in [4.69, 9.17) is 0 Å². The summed E-state index contributed by atoms with van der Waals surface area (Å²) in [5.41, 5.74) is 4.53. The maximum absolute atomic E-state index is 13.4. The topological polar surface area (TPSA) is 49.4 Å². The number of hydrogen-bond donors (Lipinski definition) is 1. The Balaban J connectivity index is 1.50. The lowest BCUT2D eigenvalue weighted by molar-refractivity contribution is 0.598. The number of halogens is 1. The molecule has 0 saturated carbocycles. The van der Waals surface area contributed by atoms with Gasteiger partial charge < -0.3 is 4.90 Å². The van der Waals surface area contributed by atoms with E-state index >= 15 is 0 Å². The maximum Gasteiger partial charge on any atom is 0.261 e. The summed E-state index contributed by atoms with van der Waals surface area (Å²) in [5.74, 6) is -0.425. The molecule has 0 aliphatic carbocycles. The van der Waals surface area contributed by atoms with Gasteiger partial charge in [-0.15, -0.1) is 0 Å². The number of nitrogens with one attached hydrogen (secondary N) is 1. The molecule has 0 fully saturated rings. The van der Waals surface area contributed by atoms with Gasteiger partial charge in [0.05, 0.1) is 4.90 Å². The Labute approximate surface area is 164 Å². The quantitative estimate of drug-likeness (QED) is 0.707. The number of anilines is 2. The van der Waals surface area contributed by atoms with Crippen LogP contribution in [0.1, 0.15) is 16.7 Å². The van der Waals surface area contributed by atoms with E-state index in [1.165, 1.54) is 29.3 Å². The summed E-state index contributed by atoms with van der Waals surface area (Å²) in [5, 5.41) is 0. The molecule has 28 heavy (non-hydrogen) atoms. The highest BCUT2D eigenvalue weighted by Gasteiger charge is 2.18. The Morgan fingerprint density at radius 1 is 0.964 bits per heavy atom. The highest BCUT2D eigenvalue weighted by molar-refractivity contribution is 7.92. The van der Waals surface area contributed by atoms with Crippen molar-refractivity contribution < 1.29 is 12.8 Å². The minimum absolute atomic E-state index is 0.0446. The van der Waals surface area contributed by atoms with Crippen LogP contribution in [0, 0.1) is 12.7 Å². The molecule has 0 bridgehead atoms. The molecule has 0 aromatic heterocycles. The van der Waals surface area contributed by atoms with E-state index in [1.807, 2.05) is 12.1 Å². The number of rotatable bonds is 4. The van der Waals surface area contributed by atoms with Gasteiger partial charge in [-0.2, -0.15) is 0 Å². The van der Waals surface area contributed by atoms with Crippen molar-refractivity contribution in [2.45, 2.75) is 24.8 Å². The predicted molar refractivity (Wildman–Crippen MR) is 110 cm³/mol. The molecule has 1 N–H and O–H groups in total. The predicted octanol–water partition coefficient (Wildman–Crippen LogP) is 4.50. The molecule has 0 atom stereocenters. The van der Waals surface area contributed by atoms with Gasteiger partial charge in [0.2, 0.25) is 0 Å². The average molecular weight is 396 g/mol. The van der Waals surface area contributed by atoms with Crippen LogP contribution in [0.4, 0.5) is 15.8 Å². The molecular formula is C22H21FN2O2S. The molecule has 1 aliphatic rings. The van der Waals surface area contributed by atoms with Crippen LogP contribution < -0.4 is 9.62 Å². The zero-order valence-electron chi connectivity index (χ0n) is 15.5. The first-order valence-corrected chi connectivity index (χ1v) is 10.6. The molecule has 0 amide bonds. The number of fused-ring (bicyclic) bond motifs is 1. The molecular weight excluding hydrogens is 375 g/mol. The molecule has 4 nitrogen and oxygen atoms in total. The fourth-order valence-corrected chi connectivity index (χ4v) is 4.60. The third-order valence-corrected chi connectivity index (χ3v) is 6.43. The smallest absolute Gasteiger partial charge is 0.261 e. The van der Waals surface area contributed by atoms with Crippen LogP contribution in [0.2, 0.25) is 0 Å². The van der Waals surface area contributed by atoms with Crippen LogP contribution in [0.3, 0.4) is 0 Å². The molecule has 6 heteroatoms. The zero-order chi connectivity index (χ0) is 19.7. The molecule has 144 valence electrons. The lowest BCUT2D eigenvalue weighted by Gasteiger charge is -2.30. The third kappa shape index (κ3) is 3.73. The fourth-order valence-electron chi connectivity index (χ4n) is 3.45. The number of aryl methyl sites for hydroxylation is 1. The molecule has 3 aromatic rings. The maximum atomic E-state index is 13.4. The van der Waals surface area contributed by atoms with E-state index < -0.39 is 15.8 Å². The fraction of sp³-hybridized carbons (Fsp3) is 0.182. The molecule has 0 radical (unpaired) electrons. The molecule has 0 spiro atoms. The van der Waals surface area contributed by atoms with E-state index in [0.717, 1.165) is 25.2 Å². The SMILES string of the molecule is Cc1cc(S(=O)(=O)Nc2ccc(N3CCc4ccccc4C3)cc2)ccc1F. The Kier molecular flexibility index (Phi) is 4.81. The van der Waals surface area contributed by atoms with Crippen LogP contribution in [-0.4, -0.2) is 15.0 Å². The van der Waals surface area contributed by atoms with E-state index in [2.05, 4.69) is 33.9 Å². The van der Waals surface area contributed by atoms with Crippen LogP contribution in [-0.2, 0) is 23.0 Å². The first-order valence-electron chi connectivity index (χ1n) is 9.13. The highest BCUT2D eigenvalue weighted by atomic mass is 32.2. The van der Waals surface area contributed by atoms with Gasteiger partial charge >= 0.3 is 0 Å². The minimum atomic E-state index is -3.76. The van der Waals surface area contributed by atoms with Gasteiger partial charge in [0, 0.05) is 24.5 Å². The Bertz CT molecular complexity index is 1110. The van der Waals surface area contributed by atoms with Crippen LogP contribution in [0.25, 0.3) is 0 Å². The summed E-state index contributed by atoms with van der Waals surface area (Å²) < 4.78 is 41.1. The second kappa shape index (κ2) is 7.28. The van der Waals surface area contributed by atoms with Crippen molar-refractivity contribution in [3.63, 3.8) is 0 Å². The van der Waals surface area contributed by atoms with Crippen molar-refractivity contribution in [3.05, 3.63) is 89.2 Å². The third-order valence-electron chi connectivity index (χ3n) is 5.06. The summed E-state index contributed by atoms with van der Waals surface area (Å²) in [6, 6.07) is 19.5. The Morgan fingerprint density at radius 3 is 2.39 bits per heavy atom. The molecule has 1 aliphatic heterocycles. The average Bonchev–Trinajstić information content (AvgIpc) is 2.70. The molecule has 0 saturated heterocycles. The van der Waals surface area contributed by atoms with Gasteiger partial charge in [0.25, 0.3) is 10.0 Å². The second-order valence-corrected chi connectivity index (χ2v) is 8.69. The number of hydrogen-bond acceptors (Lipinski definition) is 3. The van der Waals surface area contributed by atoms with Crippen molar-refractivity contribution in [1.82, 2.24) is 0 Å². The second-order valence-electron chi connectivity index (χ2n) is 7.00. The van der Waals surface area contributed by atoms with Gasteiger partial charge in [0.1, 0.15) is 5.82 Å². The van der Waals surface area contributed by atoms with Gasteiger partial charge in [-0.25, -0.2) is 12.8 Å². The molecule has 4 rings (SSSR count). The van der Waals surface area contributed by atoms with Gasteiger partial charge in [-0.1, -0.05) is 24.3 Å². The minimum Gasteiger partial charge on any atom is -0.367 e. The van der Waals surface area contributed by atoms with E-state index in [-0.39, 0.29) is 4.90 Å². The monoisotopic (exact) mass is 396 g/mol. The highest BCUT2D eigenvalue weighted by Crippen LogP contribution is 2.26. The van der Waals surface area contributed by atoms with Crippen LogP contribution >= 0.6 is 0 Å². The normalized spacial score (nSPS) is 13.9. The summed E-state index contributed by atoms with van der Waals surface area (Å²) in [6.07, 6.45) is 0.995. The molecule has 0 unspecified atom stereocenters. The lowest BCUT2D eigenvalue weighted by atomic mass is 9.99. The summed E-state index contributed by atoms with van der Waals surface area (Å²) in [7, 11) is -3.76. The standard InChI is InChI=1S/C22H21FN2O2S/c1-16-14-21(10-11-22(16)23)28(26,27)24-19-6-8-20(9-7-19)25-13-12-17-4-2-3-5-18(17)15-25/h2-11,14,24H,12-13,15H2,1H3. The van der Waals surface area contributed by atoms with Crippen LogP contribution in [0.5, 0.6) is 0 Å². The molecule has 3 aromatic carbocycles. The van der Waals surface area contributed by atoms with Gasteiger partial charge in [-0.3, -0.25) is 4.72 Å². The van der Waals surface area contributed by atoms with Crippen molar-refractivity contribution in [2.24, 2.45) is 0 Å². The van der Waals surface area contributed by atoms with Gasteiger partial charge in [-0.05, 0) is 72.5 Å². The first kappa shape index (κ1) is 18.5. The number of nitrogens with zero attached hydrogens (tertiary/aromatic N) is 1.